The highest BCUT2D eigenvalue weighted by molar-refractivity contribution is 6.16. The van der Waals surface area contributed by atoms with Gasteiger partial charge in [-0.25, -0.2) is 9.98 Å². The van der Waals surface area contributed by atoms with Crippen molar-refractivity contribution in [3.05, 3.63) is 210 Å². The zero-order chi connectivity index (χ0) is 37.8. The van der Waals surface area contributed by atoms with Crippen LogP contribution in [-0.4, -0.2) is 21.9 Å². The molecule has 5 heteroatoms. The van der Waals surface area contributed by atoms with Gasteiger partial charge in [0.15, 0.2) is 0 Å². The molecule has 0 aliphatic heterocycles. The normalized spacial score (nSPS) is 11.3. The topological polar surface area (TPSA) is 58.8 Å². The average molecular weight is 715 g/mol. The van der Waals surface area contributed by atoms with Crippen molar-refractivity contribution in [1.82, 2.24) is 4.57 Å². The Hall–Kier alpha value is -6.85. The molecule has 0 atom stereocenters. The van der Waals surface area contributed by atoms with Gasteiger partial charge >= 0.3 is 0 Å². The maximum atomic E-state index is 12.9. The van der Waals surface area contributed by atoms with Gasteiger partial charge in [0.1, 0.15) is 0 Å². The lowest BCUT2D eigenvalue weighted by atomic mass is 9.95. The predicted molar refractivity (Wildman–Crippen MR) is 229 cm³/mol. The Labute approximate surface area is 322 Å². The summed E-state index contributed by atoms with van der Waals surface area (Å²) in [5, 5.41) is 5.38. The van der Waals surface area contributed by atoms with E-state index in [-0.39, 0.29) is 5.91 Å². The van der Waals surface area contributed by atoms with Crippen molar-refractivity contribution in [2.24, 2.45) is 15.4 Å². The summed E-state index contributed by atoms with van der Waals surface area (Å²) in [6.45, 7) is 6.35. The van der Waals surface area contributed by atoms with E-state index in [1.165, 1.54) is 0 Å². The Morgan fingerprint density at radius 3 is 1.33 bits per heavy atom. The summed E-state index contributed by atoms with van der Waals surface area (Å²) in [7, 11) is 0. The standard InChI is InChI=1S/C50H42N4O/c1-50(2,3)49(55)53-40-26-16-17-35(31-40)34-54-45-32-41(51-47(36-18-8-4-9-19-36)37-20-10-5-11-21-37)27-29-43(45)44-30-28-42(33-46(44)54)52-48(38-22-12-6-13-23-38)39-24-14-7-15-25-39/h4-33H,34H2,1-3H3,(H,53,55). The quantitative estimate of drug-likeness (QED) is 0.149. The highest BCUT2D eigenvalue weighted by Crippen LogP contribution is 2.36. The first-order valence-electron chi connectivity index (χ1n) is 18.7. The minimum atomic E-state index is -0.507. The summed E-state index contributed by atoms with van der Waals surface area (Å²) >= 11 is 0. The molecule has 0 bridgehead atoms. The van der Waals surface area contributed by atoms with Gasteiger partial charge in [-0.3, -0.25) is 4.79 Å². The monoisotopic (exact) mass is 714 g/mol. The van der Waals surface area contributed by atoms with Crippen molar-refractivity contribution in [3.8, 4) is 0 Å². The van der Waals surface area contributed by atoms with Crippen molar-refractivity contribution in [1.29, 1.82) is 0 Å². The second-order valence-electron chi connectivity index (χ2n) is 14.8. The number of rotatable bonds is 9. The lowest BCUT2D eigenvalue weighted by Gasteiger charge is -2.18. The van der Waals surface area contributed by atoms with Crippen LogP contribution in [0.3, 0.4) is 0 Å². The van der Waals surface area contributed by atoms with E-state index < -0.39 is 5.41 Å². The number of hydrogen-bond acceptors (Lipinski definition) is 3. The average Bonchev–Trinajstić information content (AvgIpc) is 3.51. The maximum absolute atomic E-state index is 12.9. The number of nitrogens with one attached hydrogen (secondary N) is 1. The van der Waals surface area contributed by atoms with Gasteiger partial charge < -0.3 is 9.88 Å². The molecule has 0 radical (unpaired) electrons. The summed E-state index contributed by atoms with van der Waals surface area (Å²) in [5.74, 6) is -0.0215. The van der Waals surface area contributed by atoms with E-state index in [0.29, 0.717) is 6.54 Å². The number of aromatic nitrogens is 1. The van der Waals surface area contributed by atoms with E-state index in [2.05, 4.69) is 107 Å². The van der Waals surface area contributed by atoms with Gasteiger partial charge in [-0.1, -0.05) is 166 Å². The van der Waals surface area contributed by atoms with Crippen molar-refractivity contribution in [2.45, 2.75) is 27.3 Å². The molecule has 1 amide bonds. The van der Waals surface area contributed by atoms with Crippen LogP contribution >= 0.6 is 0 Å². The van der Waals surface area contributed by atoms with Gasteiger partial charge in [-0.05, 0) is 42.0 Å². The Morgan fingerprint density at radius 1 is 0.509 bits per heavy atom. The highest BCUT2D eigenvalue weighted by atomic mass is 16.2. The van der Waals surface area contributed by atoms with Crippen LogP contribution in [0.2, 0.25) is 0 Å². The molecule has 55 heavy (non-hydrogen) atoms. The van der Waals surface area contributed by atoms with Crippen LogP contribution in [0.15, 0.2) is 192 Å². The number of nitrogens with zero attached hydrogens (tertiary/aromatic N) is 3. The first kappa shape index (κ1) is 35.2. The Kier molecular flexibility index (Phi) is 9.76. The molecule has 8 rings (SSSR count). The summed E-state index contributed by atoms with van der Waals surface area (Å²) < 4.78 is 2.35. The zero-order valence-electron chi connectivity index (χ0n) is 31.3. The van der Waals surface area contributed by atoms with Crippen molar-refractivity contribution in [2.75, 3.05) is 5.32 Å². The summed E-state index contributed by atoms with van der Waals surface area (Å²) in [5.41, 5.74) is 11.2. The van der Waals surface area contributed by atoms with Gasteiger partial charge in [0.2, 0.25) is 5.91 Å². The van der Waals surface area contributed by atoms with Gasteiger partial charge in [0.25, 0.3) is 0 Å². The second-order valence-corrected chi connectivity index (χ2v) is 14.8. The van der Waals surface area contributed by atoms with Crippen LogP contribution in [0.1, 0.15) is 48.6 Å². The smallest absolute Gasteiger partial charge is 0.229 e. The largest absolute Gasteiger partial charge is 0.336 e. The number of fused-ring (bicyclic) bond motifs is 3. The third kappa shape index (κ3) is 7.78. The second kappa shape index (κ2) is 15.2. The SMILES string of the molecule is CC(C)(C)C(=O)Nc1cccc(Cn2c3cc(N=C(c4ccccc4)c4ccccc4)ccc3c3ccc(N=C(c4ccccc4)c4ccccc4)cc32)c1. The summed E-state index contributed by atoms with van der Waals surface area (Å²) in [6.07, 6.45) is 0. The van der Waals surface area contributed by atoms with E-state index in [0.717, 1.165) is 78.1 Å². The van der Waals surface area contributed by atoms with Crippen LogP contribution in [-0.2, 0) is 11.3 Å². The predicted octanol–water partition coefficient (Wildman–Crippen LogP) is 12.2. The zero-order valence-corrected chi connectivity index (χ0v) is 31.3. The van der Waals surface area contributed by atoms with Gasteiger partial charge in [0, 0.05) is 50.7 Å². The molecule has 0 unspecified atom stereocenters. The summed E-state index contributed by atoms with van der Waals surface area (Å²) in [4.78, 5) is 23.5. The third-order valence-corrected chi connectivity index (χ3v) is 9.71. The van der Waals surface area contributed by atoms with E-state index in [9.17, 15) is 4.79 Å². The Bertz CT molecular complexity index is 2440. The fourth-order valence-electron chi connectivity index (χ4n) is 6.86. The molecule has 1 N–H and O–H groups in total. The van der Waals surface area contributed by atoms with Crippen LogP contribution in [0.25, 0.3) is 21.8 Å². The Balaban J connectivity index is 1.30. The van der Waals surface area contributed by atoms with E-state index in [1.807, 2.05) is 106 Å². The minimum absolute atomic E-state index is 0.0215. The first-order valence-corrected chi connectivity index (χ1v) is 18.7. The molecule has 0 saturated carbocycles. The molecule has 1 heterocycles. The van der Waals surface area contributed by atoms with E-state index in [4.69, 9.17) is 9.98 Å². The van der Waals surface area contributed by atoms with Crippen LogP contribution in [0, 0.1) is 5.41 Å². The number of amides is 1. The maximum Gasteiger partial charge on any atom is 0.229 e. The van der Waals surface area contributed by atoms with Crippen LogP contribution < -0.4 is 5.32 Å². The fraction of sp³-hybridized carbons (Fsp3) is 0.100. The molecule has 0 aliphatic carbocycles. The molecule has 5 nitrogen and oxygen atoms in total. The van der Waals surface area contributed by atoms with E-state index >= 15 is 0 Å². The number of hydrogen-bond donors (Lipinski definition) is 1. The van der Waals surface area contributed by atoms with Crippen LogP contribution in [0.5, 0.6) is 0 Å². The van der Waals surface area contributed by atoms with Gasteiger partial charge in [-0.2, -0.15) is 0 Å². The number of benzene rings is 7. The highest BCUT2D eigenvalue weighted by Gasteiger charge is 2.21. The summed E-state index contributed by atoms with van der Waals surface area (Å²) in [6, 6.07) is 62.4. The fourth-order valence-corrected chi connectivity index (χ4v) is 6.86. The molecule has 0 saturated heterocycles. The van der Waals surface area contributed by atoms with Gasteiger partial charge in [-0.15, -0.1) is 0 Å². The molecule has 0 spiro atoms. The van der Waals surface area contributed by atoms with Gasteiger partial charge in [0.05, 0.1) is 33.8 Å². The lowest BCUT2D eigenvalue weighted by Crippen LogP contribution is -2.27. The number of anilines is 1. The molecule has 268 valence electrons. The number of carbonyl (C=O) groups is 1. The Morgan fingerprint density at radius 2 is 0.927 bits per heavy atom. The van der Waals surface area contributed by atoms with Crippen molar-refractivity contribution < 1.29 is 4.79 Å². The molecular weight excluding hydrogens is 673 g/mol. The van der Waals surface area contributed by atoms with E-state index in [1.54, 1.807) is 0 Å². The lowest BCUT2D eigenvalue weighted by molar-refractivity contribution is -0.123. The minimum Gasteiger partial charge on any atom is -0.336 e. The van der Waals surface area contributed by atoms with Crippen molar-refractivity contribution >= 4 is 56.2 Å². The first-order chi connectivity index (χ1) is 26.8. The molecular formula is C50H42N4O. The third-order valence-electron chi connectivity index (χ3n) is 9.71. The number of aliphatic imine (C=N–C) groups is 2. The molecule has 0 fully saturated rings. The van der Waals surface area contributed by atoms with Crippen LogP contribution in [0.4, 0.5) is 17.1 Å². The van der Waals surface area contributed by atoms with Crippen molar-refractivity contribution in [3.63, 3.8) is 0 Å². The molecule has 7 aromatic carbocycles. The molecule has 0 aliphatic rings. The molecule has 1 aromatic heterocycles. The molecule has 8 aromatic rings. The number of carbonyl (C=O) groups excluding carboxylic acids is 1.